The quantitative estimate of drug-likeness (QED) is 0.402. The second-order valence-electron chi connectivity index (χ2n) is 5.35. The van der Waals surface area contributed by atoms with E-state index in [4.69, 9.17) is 9.84 Å². The Balaban J connectivity index is 1.83. The van der Waals surface area contributed by atoms with Gasteiger partial charge in [-0.15, -0.1) is 0 Å². The molecule has 2 aromatic carbocycles. The van der Waals surface area contributed by atoms with Crippen LogP contribution >= 0.6 is 22.6 Å². The van der Waals surface area contributed by atoms with E-state index in [0.29, 0.717) is 20.6 Å². The molecule has 0 aliphatic carbocycles. The van der Waals surface area contributed by atoms with Gasteiger partial charge in [0.15, 0.2) is 6.61 Å². The number of hydrogen-bond donors (Lipinski definition) is 2. The van der Waals surface area contributed by atoms with Gasteiger partial charge in [0, 0.05) is 0 Å². The summed E-state index contributed by atoms with van der Waals surface area (Å²) in [5, 5.41) is 9.86. The lowest BCUT2D eigenvalue weighted by atomic mass is 10.1. The zero-order valence-electron chi connectivity index (χ0n) is 13.3. The van der Waals surface area contributed by atoms with Crippen LogP contribution in [0.5, 0.6) is 5.75 Å². The highest BCUT2D eigenvalue weighted by atomic mass is 127. The minimum atomic E-state index is -1.07. The summed E-state index contributed by atoms with van der Waals surface area (Å²) in [5.41, 5.74) is 3.75. The number of nitrogens with one attached hydrogen (secondary N) is 1. The lowest BCUT2D eigenvalue weighted by Gasteiger charge is -2.13. The van der Waals surface area contributed by atoms with E-state index in [9.17, 15) is 14.4 Å². The number of nitrogens with zero attached hydrogens (tertiary/aromatic N) is 1. The van der Waals surface area contributed by atoms with E-state index in [1.807, 2.05) is 28.7 Å². The smallest absolute Gasteiger partial charge is 0.341 e. The molecule has 3 rings (SSSR count). The predicted octanol–water partition coefficient (Wildman–Crippen LogP) is 2.22. The van der Waals surface area contributed by atoms with Gasteiger partial charge in [-0.25, -0.2) is 9.80 Å². The van der Waals surface area contributed by atoms with E-state index in [0.717, 1.165) is 0 Å². The van der Waals surface area contributed by atoms with Crippen LogP contribution in [0.3, 0.4) is 0 Å². The largest absolute Gasteiger partial charge is 0.481 e. The fraction of sp³-hybridized carbons (Fsp3) is 0.0556. The topological polar surface area (TPSA) is 95.9 Å². The number of carbonyl (C=O) groups is 3. The Morgan fingerprint density at radius 1 is 1.19 bits per heavy atom. The monoisotopic (exact) mass is 464 g/mol. The molecule has 2 amide bonds. The molecule has 2 N–H and O–H groups in total. The van der Waals surface area contributed by atoms with Gasteiger partial charge in [0.2, 0.25) is 0 Å². The van der Waals surface area contributed by atoms with Crippen molar-refractivity contribution in [2.24, 2.45) is 0 Å². The van der Waals surface area contributed by atoms with Gasteiger partial charge in [-0.2, -0.15) is 0 Å². The molecule has 0 saturated carbocycles. The number of carbonyl (C=O) groups excluding carboxylic acids is 2. The summed E-state index contributed by atoms with van der Waals surface area (Å²) >= 11 is 2.00. The number of hydrogen-bond acceptors (Lipinski definition) is 4. The van der Waals surface area contributed by atoms with E-state index < -0.39 is 24.4 Å². The second kappa shape index (κ2) is 7.56. The molecule has 26 heavy (non-hydrogen) atoms. The van der Waals surface area contributed by atoms with E-state index in [1.54, 1.807) is 42.5 Å². The van der Waals surface area contributed by atoms with Gasteiger partial charge in [0.25, 0.3) is 11.8 Å². The van der Waals surface area contributed by atoms with Gasteiger partial charge in [-0.05, 0) is 58.5 Å². The third-order valence-corrected chi connectivity index (χ3v) is 4.37. The molecule has 7 nitrogen and oxygen atoms in total. The number of carboxylic acids is 1. The van der Waals surface area contributed by atoms with Gasteiger partial charge >= 0.3 is 5.97 Å². The van der Waals surface area contributed by atoms with Gasteiger partial charge in [-0.1, -0.05) is 24.3 Å². The molecule has 1 aliphatic heterocycles. The first-order valence-electron chi connectivity index (χ1n) is 7.52. The van der Waals surface area contributed by atoms with Crippen LogP contribution < -0.4 is 15.2 Å². The van der Waals surface area contributed by atoms with Crippen LogP contribution in [0.1, 0.15) is 5.56 Å². The third-order valence-electron chi connectivity index (χ3n) is 3.52. The number of hydrazine groups is 1. The van der Waals surface area contributed by atoms with E-state index in [1.165, 1.54) is 11.1 Å². The van der Waals surface area contributed by atoms with Crippen LogP contribution in [0.2, 0.25) is 0 Å². The maximum atomic E-state index is 12.5. The number of halogens is 1. The molecule has 1 aliphatic rings. The normalized spacial score (nSPS) is 15.3. The van der Waals surface area contributed by atoms with Crippen molar-refractivity contribution in [3.05, 3.63) is 63.2 Å². The number of para-hydroxylation sites is 1. The summed E-state index contributed by atoms with van der Waals surface area (Å²) in [4.78, 5) is 35.3. The molecule has 2 aromatic rings. The Morgan fingerprint density at radius 3 is 2.58 bits per heavy atom. The summed E-state index contributed by atoms with van der Waals surface area (Å²) in [7, 11) is 0. The average molecular weight is 464 g/mol. The number of rotatable bonds is 5. The Kier molecular flexibility index (Phi) is 5.21. The Hall–Kier alpha value is -2.88. The highest BCUT2D eigenvalue weighted by molar-refractivity contribution is 14.1. The molecule has 0 spiro atoms. The molecule has 1 heterocycles. The standard InChI is InChI=1S/C18H13IN2O5/c19-14-9-11(6-7-15(14)26-10-16(22)23)8-13-17(24)20-21(18(13)25)12-4-2-1-3-5-12/h1-9H,10H2,(H,20,24)(H,22,23)/b13-8-. The molecular formula is C18H13IN2O5. The van der Waals surface area contributed by atoms with Gasteiger partial charge in [0.1, 0.15) is 11.3 Å². The molecular weight excluding hydrogens is 451 g/mol. The Bertz CT molecular complexity index is 911. The lowest BCUT2D eigenvalue weighted by Crippen LogP contribution is -2.35. The highest BCUT2D eigenvalue weighted by Gasteiger charge is 2.34. The molecule has 0 bridgehead atoms. The molecule has 0 aromatic heterocycles. The van der Waals surface area contributed by atoms with Crippen molar-refractivity contribution in [1.82, 2.24) is 5.43 Å². The molecule has 8 heteroatoms. The van der Waals surface area contributed by atoms with Crippen molar-refractivity contribution in [3.63, 3.8) is 0 Å². The van der Waals surface area contributed by atoms with E-state index in [2.05, 4.69) is 5.43 Å². The van der Waals surface area contributed by atoms with Crippen LogP contribution in [0.4, 0.5) is 5.69 Å². The van der Waals surface area contributed by atoms with Crippen LogP contribution in [0.15, 0.2) is 54.1 Å². The minimum Gasteiger partial charge on any atom is -0.481 e. The van der Waals surface area contributed by atoms with Crippen LogP contribution in [0.25, 0.3) is 6.08 Å². The first-order chi connectivity index (χ1) is 12.5. The SMILES string of the molecule is O=C(O)COc1ccc(/C=C2/C(=O)NN(c3ccccc3)C2=O)cc1I. The molecule has 0 unspecified atom stereocenters. The van der Waals surface area contributed by atoms with Crippen LogP contribution in [-0.2, 0) is 14.4 Å². The Morgan fingerprint density at radius 2 is 1.92 bits per heavy atom. The van der Waals surface area contributed by atoms with Crippen molar-refractivity contribution in [2.45, 2.75) is 0 Å². The van der Waals surface area contributed by atoms with Crippen molar-refractivity contribution in [1.29, 1.82) is 0 Å². The van der Waals surface area contributed by atoms with E-state index >= 15 is 0 Å². The van der Waals surface area contributed by atoms with Gasteiger partial charge < -0.3 is 9.84 Å². The number of benzene rings is 2. The fourth-order valence-corrected chi connectivity index (χ4v) is 3.04. The lowest BCUT2D eigenvalue weighted by molar-refractivity contribution is -0.139. The van der Waals surface area contributed by atoms with Crippen molar-refractivity contribution in [2.75, 3.05) is 11.6 Å². The van der Waals surface area contributed by atoms with Gasteiger partial charge in [0.05, 0.1) is 9.26 Å². The predicted molar refractivity (Wildman–Crippen MR) is 102 cm³/mol. The number of carboxylic acid groups (broad SMARTS) is 1. The molecule has 132 valence electrons. The fourth-order valence-electron chi connectivity index (χ4n) is 2.35. The maximum Gasteiger partial charge on any atom is 0.341 e. The van der Waals surface area contributed by atoms with Crippen LogP contribution in [-0.4, -0.2) is 29.5 Å². The summed E-state index contributed by atoms with van der Waals surface area (Å²) in [6.45, 7) is -0.441. The number of ether oxygens (including phenoxy) is 1. The number of aliphatic carboxylic acids is 1. The number of amides is 2. The zero-order chi connectivity index (χ0) is 18.7. The maximum absolute atomic E-state index is 12.5. The molecule has 0 atom stereocenters. The van der Waals surface area contributed by atoms with Crippen LogP contribution in [0, 0.1) is 3.57 Å². The summed E-state index contributed by atoms with van der Waals surface area (Å²) in [6.07, 6.45) is 1.49. The van der Waals surface area contributed by atoms with Gasteiger partial charge in [-0.3, -0.25) is 15.0 Å². The first kappa shape index (κ1) is 17.9. The summed E-state index contributed by atoms with van der Waals surface area (Å²) in [6, 6.07) is 13.8. The number of anilines is 1. The van der Waals surface area contributed by atoms with Crippen molar-refractivity contribution >= 4 is 52.1 Å². The molecule has 1 saturated heterocycles. The highest BCUT2D eigenvalue weighted by Crippen LogP contribution is 2.25. The third kappa shape index (κ3) is 3.85. The second-order valence-corrected chi connectivity index (χ2v) is 6.51. The van der Waals surface area contributed by atoms with Crippen molar-refractivity contribution in [3.8, 4) is 5.75 Å². The summed E-state index contributed by atoms with van der Waals surface area (Å²) < 4.78 is 5.83. The zero-order valence-corrected chi connectivity index (χ0v) is 15.5. The minimum absolute atomic E-state index is 0.0175. The van der Waals surface area contributed by atoms with E-state index in [-0.39, 0.29) is 5.57 Å². The average Bonchev–Trinajstić information content (AvgIpc) is 2.90. The molecule has 0 radical (unpaired) electrons. The molecule has 1 fully saturated rings. The first-order valence-corrected chi connectivity index (χ1v) is 8.60. The summed E-state index contributed by atoms with van der Waals surface area (Å²) in [5.74, 6) is -1.58. The Labute approximate surface area is 162 Å². The van der Waals surface area contributed by atoms with Crippen molar-refractivity contribution < 1.29 is 24.2 Å².